The van der Waals surface area contributed by atoms with Gasteiger partial charge in [-0.2, -0.15) is 0 Å². The number of anilines is 1. The van der Waals surface area contributed by atoms with Crippen molar-refractivity contribution in [2.24, 2.45) is 5.16 Å². The standard InChI is InChI=1S/C19H18N2O4/c1-11-6-4-8-15(12(11)2)20-18(22)14-10-13-7-5-9-16(24-3)17(13)25-19(14)21-23/h4-10,23H,1-3H3,(H,20,22). The summed E-state index contributed by atoms with van der Waals surface area (Å²) in [6, 6.07) is 12.6. The minimum Gasteiger partial charge on any atom is -0.493 e. The molecule has 25 heavy (non-hydrogen) atoms. The number of ether oxygens (including phenoxy) is 1. The molecule has 128 valence electrons. The van der Waals surface area contributed by atoms with Crippen molar-refractivity contribution in [2.45, 2.75) is 13.8 Å². The molecule has 0 unspecified atom stereocenters. The molecule has 2 aromatic carbocycles. The number of amides is 1. The molecule has 3 aromatic rings. The first-order chi connectivity index (χ1) is 12.0. The Morgan fingerprint density at radius 1 is 1.20 bits per heavy atom. The molecule has 6 heteroatoms. The fraction of sp³-hybridized carbons (Fsp3) is 0.158. The highest BCUT2D eigenvalue weighted by Crippen LogP contribution is 2.25. The largest absolute Gasteiger partial charge is 0.493 e. The zero-order chi connectivity index (χ0) is 18.0. The number of para-hydroxylation sites is 1. The van der Waals surface area contributed by atoms with Crippen LogP contribution in [0.3, 0.4) is 0 Å². The third-order valence-corrected chi connectivity index (χ3v) is 4.15. The number of carbonyl (C=O) groups excluding carboxylic acids is 1. The summed E-state index contributed by atoms with van der Waals surface area (Å²) in [5.74, 6) is 0.0684. The lowest BCUT2D eigenvalue weighted by molar-refractivity contribution is 0.102. The van der Waals surface area contributed by atoms with Crippen LogP contribution < -0.4 is 15.6 Å². The van der Waals surface area contributed by atoms with E-state index in [2.05, 4.69) is 10.5 Å². The summed E-state index contributed by atoms with van der Waals surface area (Å²) in [5, 5.41) is 15.9. The van der Waals surface area contributed by atoms with Gasteiger partial charge >= 0.3 is 0 Å². The summed E-state index contributed by atoms with van der Waals surface area (Å²) < 4.78 is 10.8. The quantitative estimate of drug-likeness (QED) is 0.564. The van der Waals surface area contributed by atoms with Crippen molar-refractivity contribution in [1.82, 2.24) is 0 Å². The number of fused-ring (bicyclic) bond motifs is 1. The van der Waals surface area contributed by atoms with E-state index in [1.165, 1.54) is 7.11 Å². The second kappa shape index (κ2) is 6.68. The number of methoxy groups -OCH3 is 1. The summed E-state index contributed by atoms with van der Waals surface area (Å²) in [5.41, 5.74) is 3.08. The molecule has 0 aliphatic heterocycles. The van der Waals surface area contributed by atoms with E-state index >= 15 is 0 Å². The summed E-state index contributed by atoms with van der Waals surface area (Å²) >= 11 is 0. The van der Waals surface area contributed by atoms with Crippen molar-refractivity contribution in [2.75, 3.05) is 12.4 Å². The Morgan fingerprint density at radius 3 is 2.68 bits per heavy atom. The van der Waals surface area contributed by atoms with Crippen molar-refractivity contribution in [1.29, 1.82) is 0 Å². The first-order valence-corrected chi connectivity index (χ1v) is 7.71. The molecule has 0 atom stereocenters. The van der Waals surface area contributed by atoms with Gasteiger partial charge in [-0.15, -0.1) is 0 Å². The molecule has 1 amide bonds. The molecule has 1 heterocycles. The monoisotopic (exact) mass is 338 g/mol. The maximum atomic E-state index is 12.7. The van der Waals surface area contributed by atoms with E-state index in [1.807, 2.05) is 32.0 Å². The van der Waals surface area contributed by atoms with Gasteiger partial charge < -0.3 is 19.7 Å². The van der Waals surface area contributed by atoms with Gasteiger partial charge in [-0.1, -0.05) is 24.3 Å². The Morgan fingerprint density at radius 2 is 1.96 bits per heavy atom. The van der Waals surface area contributed by atoms with Crippen molar-refractivity contribution < 1.29 is 19.2 Å². The average Bonchev–Trinajstić information content (AvgIpc) is 2.63. The molecule has 0 aliphatic carbocycles. The number of nitrogens with zero attached hydrogens (tertiary/aromatic N) is 1. The summed E-state index contributed by atoms with van der Waals surface area (Å²) in [6.07, 6.45) is 0. The van der Waals surface area contributed by atoms with Gasteiger partial charge in [-0.05, 0) is 48.3 Å². The van der Waals surface area contributed by atoms with E-state index in [1.54, 1.807) is 24.3 Å². The fourth-order valence-corrected chi connectivity index (χ4v) is 2.60. The molecule has 3 rings (SSSR count). The molecular formula is C19H18N2O4. The van der Waals surface area contributed by atoms with E-state index in [0.29, 0.717) is 22.4 Å². The average molecular weight is 338 g/mol. The second-order valence-corrected chi connectivity index (χ2v) is 5.65. The van der Waals surface area contributed by atoms with Crippen LogP contribution in [-0.2, 0) is 0 Å². The molecule has 1 aromatic heterocycles. The Balaban J connectivity index is 2.08. The van der Waals surface area contributed by atoms with Crippen LogP contribution in [0, 0.1) is 13.8 Å². The van der Waals surface area contributed by atoms with Crippen molar-refractivity contribution in [3.63, 3.8) is 0 Å². The second-order valence-electron chi connectivity index (χ2n) is 5.65. The number of rotatable bonds is 3. The zero-order valence-electron chi connectivity index (χ0n) is 14.2. The van der Waals surface area contributed by atoms with Gasteiger partial charge in [0.05, 0.1) is 7.11 Å². The molecule has 0 radical (unpaired) electrons. The highest BCUT2D eigenvalue weighted by molar-refractivity contribution is 6.06. The summed E-state index contributed by atoms with van der Waals surface area (Å²) in [6.45, 7) is 3.90. The third kappa shape index (κ3) is 3.06. The van der Waals surface area contributed by atoms with Gasteiger partial charge in [0.1, 0.15) is 5.56 Å². The normalized spacial score (nSPS) is 11.6. The molecule has 0 bridgehead atoms. The molecule has 0 saturated carbocycles. The van der Waals surface area contributed by atoms with Crippen LogP contribution >= 0.6 is 0 Å². The van der Waals surface area contributed by atoms with E-state index in [9.17, 15) is 10.0 Å². The Labute approximate surface area is 144 Å². The summed E-state index contributed by atoms with van der Waals surface area (Å²) in [4.78, 5) is 12.7. The topological polar surface area (TPSA) is 84.1 Å². The lowest BCUT2D eigenvalue weighted by Gasteiger charge is -2.11. The smallest absolute Gasteiger partial charge is 0.268 e. The number of hydrogen-bond donors (Lipinski definition) is 2. The number of aryl methyl sites for hydroxylation is 1. The van der Waals surface area contributed by atoms with Crippen LogP contribution in [0.15, 0.2) is 52.0 Å². The maximum Gasteiger partial charge on any atom is 0.268 e. The van der Waals surface area contributed by atoms with Gasteiger partial charge in [-0.3, -0.25) is 4.79 Å². The number of hydrogen-bond acceptors (Lipinski definition) is 5. The van der Waals surface area contributed by atoms with E-state index in [-0.39, 0.29) is 11.1 Å². The Bertz CT molecular complexity index is 1020. The van der Waals surface area contributed by atoms with Gasteiger partial charge in [0.25, 0.3) is 11.5 Å². The first-order valence-electron chi connectivity index (χ1n) is 7.71. The van der Waals surface area contributed by atoms with Gasteiger partial charge in [0, 0.05) is 11.1 Å². The van der Waals surface area contributed by atoms with E-state index in [4.69, 9.17) is 9.15 Å². The highest BCUT2D eigenvalue weighted by Gasteiger charge is 2.16. The van der Waals surface area contributed by atoms with Crippen LogP contribution in [0.25, 0.3) is 11.0 Å². The third-order valence-electron chi connectivity index (χ3n) is 4.15. The van der Waals surface area contributed by atoms with Crippen LogP contribution in [0.4, 0.5) is 5.69 Å². The summed E-state index contributed by atoms with van der Waals surface area (Å²) in [7, 11) is 1.52. The van der Waals surface area contributed by atoms with Crippen LogP contribution in [0.2, 0.25) is 0 Å². The van der Waals surface area contributed by atoms with Crippen LogP contribution in [-0.4, -0.2) is 18.2 Å². The minimum atomic E-state index is -0.421. The Hall–Kier alpha value is -3.28. The van der Waals surface area contributed by atoms with E-state index < -0.39 is 5.91 Å². The molecule has 0 fully saturated rings. The SMILES string of the molecule is COc1cccc2cc(C(=O)Nc3cccc(C)c3C)c(=NO)oc12. The predicted octanol–water partition coefficient (Wildman–Crippen LogP) is 3.60. The van der Waals surface area contributed by atoms with Crippen molar-refractivity contribution in [3.05, 3.63) is 64.7 Å². The predicted molar refractivity (Wildman–Crippen MR) is 94.0 cm³/mol. The highest BCUT2D eigenvalue weighted by atomic mass is 16.5. The molecular weight excluding hydrogens is 320 g/mol. The Kier molecular flexibility index (Phi) is 4.43. The van der Waals surface area contributed by atoms with Crippen LogP contribution in [0.1, 0.15) is 21.5 Å². The molecule has 0 spiro atoms. The van der Waals surface area contributed by atoms with Gasteiger partial charge in [0.15, 0.2) is 11.3 Å². The molecule has 6 nitrogen and oxygen atoms in total. The van der Waals surface area contributed by atoms with Crippen LogP contribution in [0.5, 0.6) is 5.75 Å². The number of nitrogens with one attached hydrogen (secondary N) is 1. The molecule has 0 saturated heterocycles. The van der Waals surface area contributed by atoms with E-state index in [0.717, 1.165) is 11.1 Å². The maximum absolute atomic E-state index is 12.7. The van der Waals surface area contributed by atoms with Crippen molar-refractivity contribution in [3.8, 4) is 5.75 Å². The van der Waals surface area contributed by atoms with Crippen molar-refractivity contribution >= 4 is 22.6 Å². The zero-order valence-corrected chi connectivity index (χ0v) is 14.2. The first kappa shape index (κ1) is 16.6. The lowest BCUT2D eigenvalue weighted by Crippen LogP contribution is -2.22. The van der Waals surface area contributed by atoms with Gasteiger partial charge in [-0.25, -0.2) is 0 Å². The molecule has 2 N–H and O–H groups in total. The fourth-order valence-electron chi connectivity index (χ4n) is 2.60. The van der Waals surface area contributed by atoms with Gasteiger partial charge in [0.2, 0.25) is 0 Å². The molecule has 0 aliphatic rings. The number of carbonyl (C=O) groups is 1. The minimum absolute atomic E-state index is 0.129. The number of benzene rings is 2. The lowest BCUT2D eigenvalue weighted by atomic mass is 10.1.